The molecule has 2 atom stereocenters. The van der Waals surface area contributed by atoms with Gasteiger partial charge in [-0.3, -0.25) is 4.68 Å². The summed E-state index contributed by atoms with van der Waals surface area (Å²) < 4.78 is 7.27. The summed E-state index contributed by atoms with van der Waals surface area (Å²) in [6.07, 6.45) is 3.95. The van der Waals surface area contributed by atoms with Crippen LogP contribution in [-0.4, -0.2) is 30.0 Å². The van der Waals surface area contributed by atoms with Gasteiger partial charge in [0.1, 0.15) is 0 Å². The van der Waals surface area contributed by atoms with Crippen LogP contribution in [-0.2, 0) is 4.74 Å². The minimum atomic E-state index is 0.208. The smallest absolute Gasteiger partial charge is 0.0834 e. The van der Waals surface area contributed by atoms with E-state index in [1.54, 1.807) is 13.3 Å². The largest absolute Gasteiger partial charge is 0.382 e. The van der Waals surface area contributed by atoms with Gasteiger partial charge in [-0.1, -0.05) is 11.6 Å². The van der Waals surface area contributed by atoms with Crippen LogP contribution in [0, 0.1) is 0 Å². The van der Waals surface area contributed by atoms with Crippen LogP contribution in [0.15, 0.2) is 6.20 Å². The van der Waals surface area contributed by atoms with Crippen molar-refractivity contribution in [2.75, 3.05) is 14.2 Å². The van der Waals surface area contributed by atoms with Crippen LogP contribution in [0.4, 0.5) is 0 Å². The van der Waals surface area contributed by atoms with E-state index in [0.717, 1.165) is 23.6 Å². The van der Waals surface area contributed by atoms with Gasteiger partial charge in [-0.05, 0) is 40.7 Å². The summed E-state index contributed by atoms with van der Waals surface area (Å²) in [5, 5.41) is 8.39. The van der Waals surface area contributed by atoms with Gasteiger partial charge in [-0.25, -0.2) is 0 Å². The molecule has 104 valence electrons. The van der Waals surface area contributed by atoms with Gasteiger partial charge < -0.3 is 10.1 Å². The second kappa shape index (κ2) is 7.12. The van der Waals surface area contributed by atoms with Crippen LogP contribution in [0.25, 0.3) is 0 Å². The molecule has 0 saturated heterocycles. The van der Waals surface area contributed by atoms with E-state index in [1.807, 2.05) is 11.7 Å². The number of methoxy groups -OCH3 is 1. The van der Waals surface area contributed by atoms with Crippen molar-refractivity contribution in [3.63, 3.8) is 0 Å². The first-order valence-electron chi connectivity index (χ1n) is 6.44. The average Bonchev–Trinajstić information content (AvgIpc) is 2.72. The lowest BCUT2D eigenvalue weighted by Crippen LogP contribution is -2.23. The van der Waals surface area contributed by atoms with E-state index >= 15 is 0 Å². The van der Waals surface area contributed by atoms with Crippen molar-refractivity contribution in [3.8, 4) is 0 Å². The molecule has 0 spiro atoms. The highest BCUT2D eigenvalue weighted by molar-refractivity contribution is 6.31. The van der Waals surface area contributed by atoms with Crippen molar-refractivity contribution >= 4 is 11.6 Å². The third kappa shape index (κ3) is 3.70. The van der Waals surface area contributed by atoms with Gasteiger partial charge >= 0.3 is 0 Å². The fourth-order valence-electron chi connectivity index (χ4n) is 2.03. The highest BCUT2D eigenvalue weighted by Gasteiger charge is 2.20. The fraction of sp³-hybridized carbons (Fsp3) is 0.769. The predicted molar refractivity (Wildman–Crippen MR) is 75.1 cm³/mol. The molecule has 1 heterocycles. The Morgan fingerprint density at radius 1 is 1.39 bits per heavy atom. The quantitative estimate of drug-likeness (QED) is 0.829. The molecular formula is C13H24ClN3O. The van der Waals surface area contributed by atoms with Crippen LogP contribution in [0.3, 0.4) is 0 Å². The first kappa shape index (κ1) is 15.5. The summed E-state index contributed by atoms with van der Waals surface area (Å²) in [6.45, 7) is 6.29. The summed E-state index contributed by atoms with van der Waals surface area (Å²) in [5.41, 5.74) is 1.07. The van der Waals surface area contributed by atoms with Gasteiger partial charge in [0.15, 0.2) is 0 Å². The molecule has 0 aliphatic carbocycles. The molecule has 2 unspecified atom stereocenters. The van der Waals surface area contributed by atoms with Crippen molar-refractivity contribution in [1.29, 1.82) is 0 Å². The van der Waals surface area contributed by atoms with Crippen molar-refractivity contribution in [2.24, 2.45) is 0 Å². The highest BCUT2D eigenvalue weighted by Crippen LogP contribution is 2.28. The van der Waals surface area contributed by atoms with E-state index in [-0.39, 0.29) is 12.1 Å². The van der Waals surface area contributed by atoms with Gasteiger partial charge in [-0.15, -0.1) is 0 Å². The van der Waals surface area contributed by atoms with Gasteiger partial charge in [0.25, 0.3) is 0 Å². The molecule has 0 aliphatic heterocycles. The zero-order valence-electron chi connectivity index (χ0n) is 11.9. The Morgan fingerprint density at radius 3 is 2.56 bits per heavy atom. The Bertz CT molecular complexity index is 365. The van der Waals surface area contributed by atoms with E-state index in [1.165, 1.54) is 0 Å². The van der Waals surface area contributed by atoms with E-state index < -0.39 is 0 Å². The summed E-state index contributed by atoms with van der Waals surface area (Å²) in [6, 6.07) is 0.517. The van der Waals surface area contributed by atoms with Crippen molar-refractivity contribution in [3.05, 3.63) is 16.9 Å². The summed E-state index contributed by atoms with van der Waals surface area (Å²) in [5.74, 6) is 0. The second-order valence-electron chi connectivity index (χ2n) is 4.88. The molecule has 0 aliphatic rings. The van der Waals surface area contributed by atoms with Crippen LogP contribution >= 0.6 is 11.6 Å². The summed E-state index contributed by atoms with van der Waals surface area (Å²) in [7, 11) is 3.69. The third-order valence-electron chi connectivity index (χ3n) is 3.22. The topological polar surface area (TPSA) is 39.1 Å². The molecule has 0 amide bonds. The maximum atomic E-state index is 6.26. The number of aromatic nitrogens is 2. The van der Waals surface area contributed by atoms with E-state index in [4.69, 9.17) is 16.3 Å². The first-order valence-corrected chi connectivity index (χ1v) is 6.82. The maximum absolute atomic E-state index is 6.26. The minimum Gasteiger partial charge on any atom is -0.382 e. The molecule has 4 nitrogen and oxygen atoms in total. The minimum absolute atomic E-state index is 0.208. The molecule has 5 heteroatoms. The SMILES string of the molecule is CNC(CCC(C)OC)c1c(Cl)cnn1C(C)C. The molecule has 1 aromatic rings. The van der Waals surface area contributed by atoms with Crippen molar-refractivity contribution < 1.29 is 4.74 Å². The average molecular weight is 274 g/mol. The van der Waals surface area contributed by atoms with Crippen LogP contribution in [0.5, 0.6) is 0 Å². The molecule has 0 saturated carbocycles. The van der Waals surface area contributed by atoms with E-state index in [9.17, 15) is 0 Å². The number of ether oxygens (including phenoxy) is 1. The molecule has 1 N–H and O–H groups in total. The number of hydrogen-bond acceptors (Lipinski definition) is 3. The van der Waals surface area contributed by atoms with E-state index in [0.29, 0.717) is 6.04 Å². The Hall–Kier alpha value is -0.580. The zero-order chi connectivity index (χ0) is 13.7. The molecule has 0 aromatic carbocycles. The van der Waals surface area contributed by atoms with Crippen LogP contribution < -0.4 is 5.32 Å². The first-order chi connectivity index (χ1) is 8.51. The molecule has 0 bridgehead atoms. The Balaban J connectivity index is 2.84. The van der Waals surface area contributed by atoms with Crippen molar-refractivity contribution in [1.82, 2.24) is 15.1 Å². The predicted octanol–water partition coefficient (Wildman–Crippen LogP) is 3.19. The maximum Gasteiger partial charge on any atom is 0.0834 e. The Kier molecular flexibility index (Phi) is 6.12. The van der Waals surface area contributed by atoms with Gasteiger partial charge in [0, 0.05) is 13.2 Å². The lowest BCUT2D eigenvalue weighted by Gasteiger charge is -2.21. The molecule has 1 aromatic heterocycles. The molecule has 0 fully saturated rings. The number of nitrogens with one attached hydrogen (secondary N) is 1. The Morgan fingerprint density at radius 2 is 2.06 bits per heavy atom. The number of rotatable bonds is 7. The normalized spacial score (nSPS) is 15.1. The monoisotopic (exact) mass is 273 g/mol. The van der Waals surface area contributed by atoms with Gasteiger partial charge in [-0.2, -0.15) is 5.10 Å². The number of halogens is 1. The van der Waals surface area contributed by atoms with Crippen molar-refractivity contribution in [2.45, 2.75) is 51.8 Å². The summed E-state index contributed by atoms with van der Waals surface area (Å²) >= 11 is 6.26. The van der Waals surface area contributed by atoms with Crippen LogP contribution in [0.1, 0.15) is 51.4 Å². The summed E-state index contributed by atoms with van der Waals surface area (Å²) in [4.78, 5) is 0. The molecular weight excluding hydrogens is 250 g/mol. The Labute approximate surface area is 115 Å². The van der Waals surface area contributed by atoms with Gasteiger partial charge in [0.2, 0.25) is 0 Å². The molecule has 18 heavy (non-hydrogen) atoms. The van der Waals surface area contributed by atoms with Gasteiger partial charge in [0.05, 0.1) is 29.1 Å². The molecule has 1 rings (SSSR count). The standard InChI is InChI=1S/C13H24ClN3O/c1-9(2)17-13(11(14)8-16-17)12(15-4)7-6-10(3)18-5/h8-10,12,15H,6-7H2,1-5H3. The highest BCUT2D eigenvalue weighted by atomic mass is 35.5. The molecule has 0 radical (unpaired) electrons. The fourth-order valence-corrected chi connectivity index (χ4v) is 2.29. The number of nitrogens with zero attached hydrogens (tertiary/aromatic N) is 2. The third-order valence-corrected chi connectivity index (χ3v) is 3.51. The lowest BCUT2D eigenvalue weighted by atomic mass is 10.1. The second-order valence-corrected chi connectivity index (χ2v) is 5.29. The zero-order valence-corrected chi connectivity index (χ0v) is 12.7. The lowest BCUT2D eigenvalue weighted by molar-refractivity contribution is 0.106. The van der Waals surface area contributed by atoms with Crippen LogP contribution in [0.2, 0.25) is 5.02 Å². The van der Waals surface area contributed by atoms with E-state index in [2.05, 4.69) is 31.2 Å². The number of hydrogen-bond donors (Lipinski definition) is 1.